The predicted octanol–water partition coefficient (Wildman–Crippen LogP) is 10.9. The molecule has 0 aliphatic rings. The lowest BCUT2D eigenvalue weighted by atomic mass is 10.1. The van der Waals surface area contributed by atoms with Crippen LogP contribution in [-0.4, -0.2) is 22.0 Å². The second kappa shape index (κ2) is 15.5. The zero-order valence-corrected chi connectivity index (χ0v) is 28.7. The van der Waals surface area contributed by atoms with Crippen molar-refractivity contribution in [2.75, 3.05) is 10.6 Å². The van der Waals surface area contributed by atoms with Crippen molar-refractivity contribution in [3.8, 4) is 11.1 Å². The molecule has 0 saturated carbocycles. The van der Waals surface area contributed by atoms with Crippen LogP contribution in [0.15, 0.2) is 116 Å². The van der Waals surface area contributed by atoms with Crippen molar-refractivity contribution in [2.45, 2.75) is 41.5 Å². The maximum atomic E-state index is 12.9. The van der Waals surface area contributed by atoms with Crippen molar-refractivity contribution < 1.29 is 19.8 Å². The van der Waals surface area contributed by atoms with E-state index in [0.29, 0.717) is 22.5 Å². The number of nitrogens with one attached hydrogen (secondary N) is 2. The highest BCUT2D eigenvalue weighted by molar-refractivity contribution is 6.34. The number of allylic oxidation sites excluding steroid dienone is 2. The lowest BCUT2D eigenvalue weighted by molar-refractivity contribution is -0.113. The standard InChI is InChI=1S/C36H34Cl2N6O4/c1-19-7-11-29(21(3)15-19)39-35(47)33(23(5)45)43-41-31-13-9-25(17-27(31)37)26-10-14-32(28(38)18-26)42-44-34(24(6)46)36(48)40-30-12-8-20(2)16-22(30)4/h7-18,45-46H,1-6H3,(H,39,47)(H,40,48). The van der Waals surface area contributed by atoms with Gasteiger partial charge in [-0.25, -0.2) is 0 Å². The minimum atomic E-state index is -0.621. The molecule has 10 nitrogen and oxygen atoms in total. The summed E-state index contributed by atoms with van der Waals surface area (Å²) < 4.78 is 0. The van der Waals surface area contributed by atoms with E-state index in [4.69, 9.17) is 23.2 Å². The summed E-state index contributed by atoms with van der Waals surface area (Å²) in [7, 11) is 0. The summed E-state index contributed by atoms with van der Waals surface area (Å²) in [6.45, 7) is 10.3. The molecule has 0 saturated heterocycles. The molecule has 12 heteroatoms. The second-order valence-electron chi connectivity index (χ2n) is 11.1. The number of azo groups is 2. The largest absolute Gasteiger partial charge is 0.510 e. The number of nitrogens with zero attached hydrogens (tertiary/aromatic N) is 4. The topological polar surface area (TPSA) is 148 Å². The number of carbonyl (C=O) groups is 2. The van der Waals surface area contributed by atoms with Crippen LogP contribution in [0.2, 0.25) is 10.0 Å². The monoisotopic (exact) mass is 684 g/mol. The lowest BCUT2D eigenvalue weighted by Gasteiger charge is -2.10. The number of aliphatic hydroxyl groups is 2. The normalized spacial score (nSPS) is 12.6. The Morgan fingerprint density at radius 2 is 0.958 bits per heavy atom. The number of aryl methyl sites for hydroxylation is 4. The highest BCUT2D eigenvalue weighted by Gasteiger charge is 2.17. The number of rotatable bonds is 9. The first-order valence-corrected chi connectivity index (χ1v) is 15.5. The molecule has 0 aliphatic carbocycles. The number of anilines is 2. The van der Waals surface area contributed by atoms with E-state index in [9.17, 15) is 19.8 Å². The van der Waals surface area contributed by atoms with E-state index >= 15 is 0 Å². The molecular formula is C36H34Cl2N6O4. The Bertz CT molecular complexity index is 1880. The third-order valence-corrected chi connectivity index (χ3v) is 7.73. The summed E-state index contributed by atoms with van der Waals surface area (Å²) in [6, 6.07) is 21.2. The fraction of sp³-hybridized carbons (Fsp3) is 0.167. The number of hydrogen-bond donors (Lipinski definition) is 4. The summed E-state index contributed by atoms with van der Waals surface area (Å²) in [5.74, 6) is -1.85. The van der Waals surface area contributed by atoms with E-state index < -0.39 is 11.8 Å². The molecule has 0 aromatic heterocycles. The number of aliphatic hydroxyl groups excluding tert-OH is 2. The van der Waals surface area contributed by atoms with Crippen LogP contribution in [0.1, 0.15) is 36.1 Å². The number of amides is 2. The Hall–Kier alpha value is -5.32. The molecule has 2 amide bonds. The molecule has 0 unspecified atom stereocenters. The van der Waals surface area contributed by atoms with Gasteiger partial charge in [0.2, 0.25) is 0 Å². The van der Waals surface area contributed by atoms with Crippen LogP contribution in [0.3, 0.4) is 0 Å². The second-order valence-corrected chi connectivity index (χ2v) is 12.0. The molecule has 4 aromatic carbocycles. The van der Waals surface area contributed by atoms with Crippen LogP contribution < -0.4 is 10.6 Å². The van der Waals surface area contributed by atoms with E-state index in [1.54, 1.807) is 48.5 Å². The zero-order valence-electron chi connectivity index (χ0n) is 27.2. The fourth-order valence-corrected chi connectivity index (χ4v) is 5.01. The summed E-state index contributed by atoms with van der Waals surface area (Å²) in [5, 5.41) is 42.4. The molecule has 0 fully saturated rings. The molecule has 0 aliphatic heterocycles. The lowest BCUT2D eigenvalue weighted by Crippen LogP contribution is -2.15. The molecule has 4 N–H and O–H groups in total. The summed E-state index contributed by atoms with van der Waals surface area (Å²) in [5.41, 5.74) is 6.43. The van der Waals surface area contributed by atoms with Crippen LogP contribution in [0.4, 0.5) is 22.7 Å². The Kier molecular flexibility index (Phi) is 11.5. The van der Waals surface area contributed by atoms with Gasteiger partial charge in [-0.15, -0.1) is 20.5 Å². The number of halogens is 2. The van der Waals surface area contributed by atoms with Gasteiger partial charge in [-0.2, -0.15) is 0 Å². The van der Waals surface area contributed by atoms with Crippen LogP contribution >= 0.6 is 23.2 Å². The van der Waals surface area contributed by atoms with Crippen molar-refractivity contribution in [2.24, 2.45) is 20.5 Å². The van der Waals surface area contributed by atoms with E-state index in [0.717, 1.165) is 22.3 Å². The minimum Gasteiger partial charge on any atom is -0.510 e. The molecule has 4 rings (SSSR count). The maximum Gasteiger partial charge on any atom is 0.279 e. The Morgan fingerprint density at radius 1 is 0.583 bits per heavy atom. The first-order valence-electron chi connectivity index (χ1n) is 14.7. The van der Waals surface area contributed by atoms with Crippen LogP contribution in [0.5, 0.6) is 0 Å². The first-order chi connectivity index (χ1) is 22.7. The van der Waals surface area contributed by atoms with E-state index in [2.05, 4.69) is 31.1 Å². The van der Waals surface area contributed by atoms with Gasteiger partial charge in [0, 0.05) is 11.4 Å². The molecule has 4 aromatic rings. The predicted molar refractivity (Wildman–Crippen MR) is 191 cm³/mol. The third-order valence-electron chi connectivity index (χ3n) is 7.12. The van der Waals surface area contributed by atoms with Crippen LogP contribution in [0, 0.1) is 27.7 Å². The number of carbonyl (C=O) groups excluding carboxylic acids is 2. The number of benzene rings is 4. The maximum absolute atomic E-state index is 12.9. The van der Waals surface area contributed by atoms with E-state index in [1.165, 1.54) is 13.8 Å². The summed E-state index contributed by atoms with van der Waals surface area (Å²) in [6.07, 6.45) is 0. The molecular weight excluding hydrogens is 651 g/mol. The van der Waals surface area contributed by atoms with E-state index in [-0.39, 0.29) is 44.3 Å². The SMILES string of the molecule is CC(O)=C(N=Nc1ccc(-c2ccc(N=NC(C(=O)Nc3ccc(C)cc3C)=C(C)O)c(Cl)c2)cc1Cl)C(=O)Nc1ccc(C)cc1C. The van der Waals surface area contributed by atoms with Gasteiger partial charge in [-0.05, 0) is 100 Å². The molecule has 0 heterocycles. The van der Waals surface area contributed by atoms with Crippen LogP contribution in [-0.2, 0) is 9.59 Å². The minimum absolute atomic E-state index is 0.240. The Labute approximate surface area is 288 Å². The van der Waals surface area contributed by atoms with Gasteiger partial charge in [-0.1, -0.05) is 70.7 Å². The van der Waals surface area contributed by atoms with E-state index in [1.807, 2.05) is 52.0 Å². The quantitative estimate of drug-likeness (QED) is 0.0788. The Balaban J connectivity index is 1.49. The van der Waals surface area contributed by atoms with Gasteiger partial charge in [0.05, 0.1) is 10.0 Å². The van der Waals surface area contributed by atoms with Crippen LogP contribution in [0.25, 0.3) is 11.1 Å². The molecule has 0 radical (unpaired) electrons. The molecule has 0 spiro atoms. The van der Waals surface area contributed by atoms with Gasteiger partial charge in [0.1, 0.15) is 22.9 Å². The third kappa shape index (κ3) is 8.93. The van der Waals surface area contributed by atoms with Gasteiger partial charge in [0.25, 0.3) is 11.8 Å². The summed E-state index contributed by atoms with van der Waals surface area (Å²) in [4.78, 5) is 25.7. The zero-order chi connectivity index (χ0) is 35.1. The van der Waals surface area contributed by atoms with Crippen molar-refractivity contribution >= 4 is 57.8 Å². The smallest absolute Gasteiger partial charge is 0.279 e. The van der Waals surface area contributed by atoms with Gasteiger partial charge < -0.3 is 20.8 Å². The number of hydrogen-bond acceptors (Lipinski definition) is 8. The molecule has 246 valence electrons. The highest BCUT2D eigenvalue weighted by atomic mass is 35.5. The molecule has 0 atom stereocenters. The molecule has 0 bridgehead atoms. The first kappa shape index (κ1) is 35.5. The van der Waals surface area contributed by atoms with Crippen molar-refractivity contribution in [1.29, 1.82) is 0 Å². The van der Waals surface area contributed by atoms with Crippen molar-refractivity contribution in [3.05, 3.63) is 128 Å². The van der Waals surface area contributed by atoms with Crippen molar-refractivity contribution in [3.63, 3.8) is 0 Å². The molecule has 48 heavy (non-hydrogen) atoms. The highest BCUT2D eigenvalue weighted by Crippen LogP contribution is 2.35. The van der Waals surface area contributed by atoms with Crippen molar-refractivity contribution in [1.82, 2.24) is 0 Å². The average Bonchev–Trinajstić information content (AvgIpc) is 3.01. The Morgan fingerprint density at radius 3 is 1.27 bits per heavy atom. The average molecular weight is 686 g/mol. The fourth-order valence-electron chi connectivity index (χ4n) is 4.58. The summed E-state index contributed by atoms with van der Waals surface area (Å²) >= 11 is 13.0. The van der Waals surface area contributed by atoms with Gasteiger partial charge >= 0.3 is 0 Å². The van der Waals surface area contributed by atoms with Gasteiger partial charge in [-0.3, -0.25) is 9.59 Å². The van der Waals surface area contributed by atoms with Gasteiger partial charge in [0.15, 0.2) is 11.4 Å².